The summed E-state index contributed by atoms with van der Waals surface area (Å²) in [6.45, 7) is 1.40. The fraction of sp³-hybridized carbons (Fsp3) is 0.217. The number of aromatic nitrogens is 4. The number of carbonyl (C=O) groups excluding carboxylic acids is 2. The summed E-state index contributed by atoms with van der Waals surface area (Å²) in [7, 11) is 1.89. The Kier molecular flexibility index (Phi) is 6.18. The Morgan fingerprint density at radius 1 is 1.18 bits per heavy atom. The highest BCUT2D eigenvalue weighted by atomic mass is 35.5. The molecule has 11 heteroatoms. The van der Waals surface area contributed by atoms with Crippen molar-refractivity contribution in [2.24, 2.45) is 7.05 Å². The molecule has 5 rings (SSSR count). The minimum absolute atomic E-state index is 0.0548. The monoisotopic (exact) mass is 496 g/mol. The fourth-order valence-corrected chi connectivity index (χ4v) is 4.66. The third-order valence-corrected chi connectivity index (χ3v) is 6.57. The number of benzene rings is 1. The zero-order valence-electron chi connectivity index (χ0n) is 18.3. The van der Waals surface area contributed by atoms with E-state index in [1.807, 2.05) is 52.8 Å². The maximum atomic E-state index is 12.4. The number of nitrogens with zero attached hydrogens (tertiary/aromatic N) is 5. The van der Waals surface area contributed by atoms with Crippen molar-refractivity contribution >= 4 is 40.4 Å². The first-order valence-electron chi connectivity index (χ1n) is 10.6. The average Bonchev–Trinajstić information content (AvgIpc) is 3.58. The molecule has 0 radical (unpaired) electrons. The van der Waals surface area contributed by atoms with Crippen LogP contribution < -0.4 is 10.2 Å². The zero-order valence-corrected chi connectivity index (χ0v) is 19.8. The maximum absolute atomic E-state index is 12.4. The molecule has 9 nitrogen and oxygen atoms in total. The van der Waals surface area contributed by atoms with Gasteiger partial charge in [0.25, 0.3) is 11.8 Å². The standard InChI is InChI=1S/C23H21ClN6O3S/c1-28-12-18(26-14-28)22-27-15(10-25-23(32)19-6-7-20(24)34-19)11-30(22)17-4-2-16(3-5-17)29-8-9-33-13-21(29)31/h2-7,11-12,14H,8-10,13H2,1H3,(H,25,32). The Bertz CT molecular complexity index is 1340. The fourth-order valence-electron chi connectivity index (χ4n) is 3.70. The number of ether oxygens (including phenoxy) is 1. The number of anilines is 1. The van der Waals surface area contributed by atoms with Crippen LogP contribution in [0.3, 0.4) is 0 Å². The number of hydrogen-bond acceptors (Lipinski definition) is 6. The molecule has 1 aliphatic rings. The van der Waals surface area contributed by atoms with Gasteiger partial charge < -0.3 is 19.5 Å². The highest BCUT2D eigenvalue weighted by Gasteiger charge is 2.21. The molecule has 1 aromatic carbocycles. The number of imidazole rings is 2. The van der Waals surface area contributed by atoms with Crippen molar-refractivity contribution in [3.8, 4) is 17.2 Å². The van der Waals surface area contributed by atoms with Gasteiger partial charge in [0, 0.05) is 37.4 Å². The van der Waals surface area contributed by atoms with E-state index in [9.17, 15) is 9.59 Å². The normalized spacial score (nSPS) is 13.9. The van der Waals surface area contributed by atoms with Gasteiger partial charge >= 0.3 is 0 Å². The highest BCUT2D eigenvalue weighted by molar-refractivity contribution is 7.17. The average molecular weight is 497 g/mol. The number of rotatable bonds is 6. The van der Waals surface area contributed by atoms with Gasteiger partial charge in [-0.2, -0.15) is 0 Å². The van der Waals surface area contributed by atoms with Gasteiger partial charge in [0.1, 0.15) is 12.3 Å². The summed E-state index contributed by atoms with van der Waals surface area (Å²) in [5.41, 5.74) is 3.07. The summed E-state index contributed by atoms with van der Waals surface area (Å²) in [6.07, 6.45) is 5.47. The zero-order chi connectivity index (χ0) is 23.7. The van der Waals surface area contributed by atoms with Crippen LogP contribution in [0.4, 0.5) is 5.69 Å². The largest absolute Gasteiger partial charge is 0.370 e. The van der Waals surface area contributed by atoms with Crippen molar-refractivity contribution in [3.05, 3.63) is 70.0 Å². The summed E-state index contributed by atoms with van der Waals surface area (Å²) < 4.78 is 9.56. The Morgan fingerprint density at radius 3 is 2.65 bits per heavy atom. The Hall–Kier alpha value is -3.47. The number of halogens is 1. The number of morpholine rings is 1. The van der Waals surface area contributed by atoms with E-state index in [-0.39, 0.29) is 25.0 Å². The number of thiophene rings is 1. The second-order valence-electron chi connectivity index (χ2n) is 7.75. The summed E-state index contributed by atoms with van der Waals surface area (Å²) in [4.78, 5) is 36.0. The number of nitrogens with one attached hydrogen (secondary N) is 1. The maximum Gasteiger partial charge on any atom is 0.261 e. The van der Waals surface area contributed by atoms with Gasteiger partial charge in [-0.1, -0.05) is 11.6 Å². The molecule has 3 aromatic heterocycles. The van der Waals surface area contributed by atoms with E-state index in [0.29, 0.717) is 39.6 Å². The third kappa shape index (κ3) is 4.60. The highest BCUT2D eigenvalue weighted by Crippen LogP contribution is 2.25. The molecule has 2 amide bonds. The first kappa shape index (κ1) is 22.3. The van der Waals surface area contributed by atoms with Gasteiger partial charge in [-0.25, -0.2) is 9.97 Å². The van der Waals surface area contributed by atoms with Crippen molar-refractivity contribution < 1.29 is 14.3 Å². The summed E-state index contributed by atoms with van der Waals surface area (Å²) in [6, 6.07) is 11.1. The Labute approximate surface area is 204 Å². The van der Waals surface area contributed by atoms with Crippen molar-refractivity contribution in [3.63, 3.8) is 0 Å². The van der Waals surface area contributed by atoms with Crippen LogP contribution >= 0.6 is 22.9 Å². The lowest BCUT2D eigenvalue weighted by Gasteiger charge is -2.27. The molecule has 4 aromatic rings. The summed E-state index contributed by atoms with van der Waals surface area (Å²) >= 11 is 7.17. The number of hydrogen-bond donors (Lipinski definition) is 1. The molecule has 1 aliphatic heterocycles. The van der Waals surface area contributed by atoms with Crippen molar-refractivity contribution in [2.75, 3.05) is 24.7 Å². The number of aryl methyl sites for hydroxylation is 1. The molecule has 0 aliphatic carbocycles. The van der Waals surface area contributed by atoms with Crippen LogP contribution in [0.15, 0.2) is 55.1 Å². The van der Waals surface area contributed by atoms with Crippen LogP contribution in [0.5, 0.6) is 0 Å². The molecule has 1 fully saturated rings. The van der Waals surface area contributed by atoms with Gasteiger partial charge in [-0.15, -0.1) is 11.3 Å². The lowest BCUT2D eigenvalue weighted by molar-refractivity contribution is -0.125. The molecule has 34 heavy (non-hydrogen) atoms. The predicted octanol–water partition coefficient (Wildman–Crippen LogP) is 3.28. The number of carbonyl (C=O) groups is 2. The van der Waals surface area contributed by atoms with E-state index in [1.165, 1.54) is 11.3 Å². The first-order valence-corrected chi connectivity index (χ1v) is 11.8. The first-order chi connectivity index (χ1) is 16.5. The molecule has 0 spiro atoms. The minimum atomic E-state index is -0.203. The van der Waals surface area contributed by atoms with Crippen LogP contribution in [0.25, 0.3) is 17.2 Å². The van der Waals surface area contributed by atoms with E-state index in [1.54, 1.807) is 23.4 Å². The van der Waals surface area contributed by atoms with E-state index in [0.717, 1.165) is 11.4 Å². The van der Waals surface area contributed by atoms with Crippen LogP contribution in [0, 0.1) is 0 Å². The lowest BCUT2D eigenvalue weighted by atomic mass is 10.2. The van der Waals surface area contributed by atoms with Gasteiger partial charge in [-0.3, -0.25) is 14.2 Å². The molecule has 174 valence electrons. The van der Waals surface area contributed by atoms with E-state index < -0.39 is 0 Å². The quantitative estimate of drug-likeness (QED) is 0.442. The molecule has 0 saturated carbocycles. The second-order valence-corrected chi connectivity index (χ2v) is 9.47. The SMILES string of the molecule is Cn1cnc(-c2nc(CNC(=O)c3ccc(Cl)s3)cn2-c2ccc(N3CCOCC3=O)cc2)c1. The van der Waals surface area contributed by atoms with Crippen molar-refractivity contribution in [2.45, 2.75) is 6.54 Å². The van der Waals surface area contributed by atoms with Crippen LogP contribution in [-0.4, -0.2) is 50.7 Å². The smallest absolute Gasteiger partial charge is 0.261 e. The predicted molar refractivity (Wildman–Crippen MR) is 129 cm³/mol. The number of amides is 2. The van der Waals surface area contributed by atoms with Crippen LogP contribution in [0.1, 0.15) is 15.4 Å². The van der Waals surface area contributed by atoms with Gasteiger partial charge in [0.05, 0.1) is 34.4 Å². The summed E-state index contributed by atoms with van der Waals surface area (Å²) in [5, 5.41) is 2.89. The van der Waals surface area contributed by atoms with Gasteiger partial charge in [-0.05, 0) is 36.4 Å². The topological polar surface area (TPSA) is 94.3 Å². The van der Waals surface area contributed by atoms with Gasteiger partial charge in [0.2, 0.25) is 0 Å². The molecule has 0 bridgehead atoms. The molecule has 0 atom stereocenters. The van der Waals surface area contributed by atoms with E-state index in [2.05, 4.69) is 10.3 Å². The van der Waals surface area contributed by atoms with Crippen LogP contribution in [0.2, 0.25) is 4.34 Å². The third-order valence-electron chi connectivity index (χ3n) is 5.34. The van der Waals surface area contributed by atoms with E-state index >= 15 is 0 Å². The van der Waals surface area contributed by atoms with Crippen LogP contribution in [-0.2, 0) is 23.1 Å². The Morgan fingerprint density at radius 2 is 1.97 bits per heavy atom. The van der Waals surface area contributed by atoms with Gasteiger partial charge in [0.15, 0.2) is 5.82 Å². The van der Waals surface area contributed by atoms with Crippen molar-refractivity contribution in [1.29, 1.82) is 0 Å². The van der Waals surface area contributed by atoms with E-state index in [4.69, 9.17) is 21.3 Å². The molecule has 0 unspecified atom stereocenters. The molecular formula is C23H21ClN6O3S. The minimum Gasteiger partial charge on any atom is -0.370 e. The molecule has 1 N–H and O–H groups in total. The molecule has 1 saturated heterocycles. The summed E-state index contributed by atoms with van der Waals surface area (Å²) in [5.74, 6) is 0.394. The molecule has 4 heterocycles. The second kappa shape index (κ2) is 9.41. The Balaban J connectivity index is 1.41. The van der Waals surface area contributed by atoms with Crippen molar-refractivity contribution in [1.82, 2.24) is 24.4 Å². The molecular weight excluding hydrogens is 476 g/mol. The lowest BCUT2D eigenvalue weighted by Crippen LogP contribution is -2.41.